The minimum atomic E-state index is -1.28. The summed E-state index contributed by atoms with van der Waals surface area (Å²) in [5.74, 6) is 0. The van der Waals surface area contributed by atoms with Crippen LogP contribution in [-0.4, -0.2) is 389 Å². The van der Waals surface area contributed by atoms with Gasteiger partial charge in [-0.2, -0.15) is 28.5 Å². The lowest BCUT2D eigenvalue weighted by molar-refractivity contribution is -0.783. The number of rotatable bonds is 24. The summed E-state index contributed by atoms with van der Waals surface area (Å²) in [4.78, 5) is 143. The first-order valence-corrected chi connectivity index (χ1v) is 59.8. The van der Waals surface area contributed by atoms with E-state index in [1.807, 2.05) is 4.98 Å². The van der Waals surface area contributed by atoms with Gasteiger partial charge in [0.15, 0.2) is 25.0 Å². The fourth-order valence-corrected chi connectivity index (χ4v) is 19.9. The molecule has 0 saturated carbocycles. The van der Waals surface area contributed by atoms with Gasteiger partial charge in [-0.3, -0.25) is 43.5 Å². The number of ether oxygens (including phenoxy) is 6. The van der Waals surface area contributed by atoms with E-state index in [1.54, 1.807) is 6.92 Å². The first-order chi connectivity index (χ1) is 59.4. The molecule has 0 aliphatic carbocycles. The maximum absolute atomic E-state index is 12.1. The Balaban J connectivity index is 0.000000212. The van der Waals surface area contributed by atoms with Crippen molar-refractivity contribution in [3.8, 4) is 0 Å². The van der Waals surface area contributed by atoms with Crippen molar-refractivity contribution in [2.24, 2.45) is 14.1 Å². The van der Waals surface area contributed by atoms with Crippen molar-refractivity contribution < 1.29 is 98.8 Å². The summed E-state index contributed by atoms with van der Waals surface area (Å²) < 4.78 is 41.6. The summed E-state index contributed by atoms with van der Waals surface area (Å²) in [6.07, 6.45) is 17.1. The SMILES string of the molecule is C=P(C)(C)CC[C@H]1O[C@@H]([n+]2c[nH]c(=O)n(C)c2=O)[C@H](O)[C@@H]1O.C=P(C)(C)CC[C@H]1O[C@@H](c2c[nH]c(=O)[nH]c2=O)[C@H](O)[C@@H]1O.C=P(C)(C)CC[C@H]1O[C@@H](n2c[n+](C)c(=O)[nH]c2=O)[C@H](O)[C@@H]1O.C=P(C)(C)CC[C@H]1O[C@@H](n2cc(C)c(=O)[nH]c2=O)[C@H](O)[C@@H]1O.C=P(C)(C)CC[C@H]1O[C@@H](n2ccc(=S)[nH]c2=O)[C@H](O)[C@@H]1O.C=P(C)(C)CC[C@H]1O[C@@H](n2ncc(=O)[nH]c2=O)[C@H](O)[C@@H]1O. The molecule has 12 heterocycles. The van der Waals surface area contributed by atoms with E-state index >= 15 is 0 Å². The Bertz CT molecular complexity index is 5480. The van der Waals surface area contributed by atoms with E-state index in [2.05, 4.69) is 153 Å². The van der Waals surface area contributed by atoms with Crippen LogP contribution >= 0.6 is 53.5 Å². The summed E-state index contributed by atoms with van der Waals surface area (Å²) in [5.41, 5.74) is -6.28. The highest BCUT2D eigenvalue weighted by molar-refractivity contribution is 7.74. The molecule has 0 spiro atoms. The zero-order valence-electron chi connectivity index (χ0n) is 75.1. The van der Waals surface area contributed by atoms with Gasteiger partial charge in [-0.15, -0.1) is 79.1 Å². The molecule has 6 aromatic heterocycles. The summed E-state index contributed by atoms with van der Waals surface area (Å²) >= 11 is 4.87. The van der Waals surface area contributed by atoms with Gasteiger partial charge >= 0.3 is 45.5 Å². The van der Waals surface area contributed by atoms with Gasteiger partial charge < -0.3 is 94.7 Å². The third-order valence-corrected chi connectivity index (χ3v) is 30.6. The zero-order chi connectivity index (χ0) is 97.3. The van der Waals surface area contributed by atoms with Crippen LogP contribution < -0.4 is 71.3 Å². The summed E-state index contributed by atoms with van der Waals surface area (Å²) in [6.45, 7) is 18.9. The number of aromatic nitrogens is 15. The third kappa shape index (κ3) is 30.7. The summed E-state index contributed by atoms with van der Waals surface area (Å²) in [5, 5.41) is 125. The maximum Gasteiger partial charge on any atom is 0.450 e. The van der Waals surface area contributed by atoms with E-state index in [-0.39, 0.29) is 5.56 Å². The van der Waals surface area contributed by atoms with Gasteiger partial charge in [-0.05, 0) is 168 Å². The topological polar surface area (TPSA) is 642 Å². The van der Waals surface area contributed by atoms with Crippen LogP contribution in [0.5, 0.6) is 0 Å². The Morgan fingerprint density at radius 2 is 0.814 bits per heavy atom. The molecule has 0 unspecified atom stereocenters. The average Bonchev–Trinajstić information content (AvgIpc) is 1.68. The van der Waals surface area contributed by atoms with E-state index in [4.69, 9.17) is 40.6 Å². The largest absolute Gasteiger partial charge is 0.450 e. The lowest BCUT2D eigenvalue weighted by atomic mass is 10.0. The Kier molecular flexibility index (Phi) is 38.3. The van der Waals surface area contributed by atoms with Crippen molar-refractivity contribution in [1.29, 1.82) is 0 Å². The van der Waals surface area contributed by atoms with Crippen LogP contribution in [0.3, 0.4) is 0 Å². The highest BCUT2D eigenvalue weighted by atomic mass is 32.1. The van der Waals surface area contributed by atoms with E-state index in [9.17, 15) is 114 Å². The van der Waals surface area contributed by atoms with Gasteiger partial charge in [0.1, 0.15) is 90.2 Å². The predicted molar refractivity (Wildman–Crippen MR) is 505 cm³/mol. The molecule has 6 aromatic rings. The summed E-state index contributed by atoms with van der Waals surface area (Å²) in [6, 6.07) is 1.54. The van der Waals surface area contributed by atoms with E-state index in [0.717, 1.165) is 72.4 Å². The fourth-order valence-electron chi connectivity index (χ4n) is 14.1. The average molecular weight is 1960 g/mol. The molecular formula is C78H131N15O29P6S+2. The second-order valence-electron chi connectivity index (χ2n) is 37.1. The zero-order valence-corrected chi connectivity index (χ0v) is 81.3. The molecule has 129 heavy (non-hydrogen) atoms. The maximum atomic E-state index is 12.1. The second-order valence-corrected chi connectivity index (χ2v) is 63.5. The Morgan fingerprint density at radius 1 is 0.434 bits per heavy atom. The number of aromatic amines is 7. The molecule has 0 aromatic carbocycles. The van der Waals surface area contributed by atoms with E-state index in [1.165, 1.54) is 54.2 Å². The number of aliphatic hydroxyl groups is 12. The second kappa shape index (κ2) is 45.1. The van der Waals surface area contributed by atoms with Crippen molar-refractivity contribution in [3.63, 3.8) is 0 Å². The molecule has 24 atom stereocenters. The quantitative estimate of drug-likeness (QED) is 0.0153. The Labute approximate surface area is 747 Å². The third-order valence-electron chi connectivity index (χ3n) is 21.6. The molecule has 0 radical (unpaired) electrons. The van der Waals surface area contributed by atoms with Crippen molar-refractivity contribution in [2.45, 2.75) is 193 Å². The van der Waals surface area contributed by atoms with Gasteiger partial charge in [0.25, 0.3) is 16.7 Å². The molecule has 726 valence electrons. The monoisotopic (exact) mass is 1960 g/mol. The number of hydrogen-bond acceptors (Lipinski definition) is 31. The molecule has 0 amide bonds. The van der Waals surface area contributed by atoms with Crippen LogP contribution in [0.25, 0.3) is 0 Å². The first kappa shape index (κ1) is 109. The molecule has 6 aliphatic heterocycles. The molecule has 44 nitrogen and oxygen atoms in total. The van der Waals surface area contributed by atoms with Gasteiger partial charge in [0.2, 0.25) is 18.8 Å². The van der Waals surface area contributed by atoms with Gasteiger partial charge in [-0.25, -0.2) is 47.9 Å². The lowest BCUT2D eigenvalue weighted by Crippen LogP contribution is -2.62. The highest BCUT2D eigenvalue weighted by Crippen LogP contribution is 2.45. The number of aliphatic hydroxyl groups excluding tert-OH is 12. The van der Waals surface area contributed by atoms with Crippen LogP contribution in [0, 0.1) is 11.6 Å². The van der Waals surface area contributed by atoms with Crippen molar-refractivity contribution in [3.05, 3.63) is 174 Å². The van der Waals surface area contributed by atoms with Crippen LogP contribution in [0.15, 0.2) is 96.2 Å². The number of aryl methyl sites for hydroxylation is 2. The van der Waals surface area contributed by atoms with Gasteiger partial charge in [-0.1, -0.05) is 12.2 Å². The molecule has 51 heteroatoms. The molecule has 6 saturated heterocycles. The molecule has 6 aliphatic rings. The molecule has 0 bridgehead atoms. The predicted octanol–water partition coefficient (Wildman–Crippen LogP) is -5.68. The summed E-state index contributed by atoms with van der Waals surface area (Å²) in [7, 11) is 2.79. The van der Waals surface area contributed by atoms with Crippen molar-refractivity contribution >= 4 is 91.3 Å². The van der Waals surface area contributed by atoms with Gasteiger partial charge in [0.05, 0.1) is 56.3 Å². The number of hydrogen-bond donors (Lipinski definition) is 19. The fraction of sp³-hybridized carbons (Fsp3) is 0.654. The number of nitrogens with zero attached hydrogens (tertiary/aromatic N) is 8. The van der Waals surface area contributed by atoms with Crippen molar-refractivity contribution in [1.82, 2.24) is 62.9 Å². The molecular weight excluding hydrogens is 1830 g/mol. The van der Waals surface area contributed by atoms with Crippen LogP contribution in [0.4, 0.5) is 0 Å². The van der Waals surface area contributed by atoms with E-state index < -0.39 is 251 Å². The van der Waals surface area contributed by atoms with Crippen LogP contribution in [0.2, 0.25) is 0 Å². The minimum Gasteiger partial charge on any atom is -0.388 e. The standard InChI is InChI=1S/C14H23N2O5P.2C13H22N3O5P.C13H21N2O5P.C13H21N2O4PS.C12H20N3O5P/c1-8-7-16(14(20)15-12(8)19)13-11(18)10(17)9(21-13)5-6-22(2,3)4;1-15-7-16(13(20)14-12(15)19)11-10(18)9(17)8(21-11)5-6-22(2,3)4;1-15-12(19)14-7-16(13(15)20)11-10(18)9(17)8(21-11)5-6-22(2,3)4;1-21(2,3)5-4-8-9(16)10(17)11(20-8)7-6-14-13(19)15-12(7)18;1-20(2,3)7-5-8-10(16)11(17)12(19-8)15-6-4-9(21)14-13(15)18;1-21(2,3)5-4-7-9(17)10(18)11(20-7)15-12(19)14-8(16)6-13-15/h7,9-11,13,17-18H,2,5-6H2,1,3-4H3,(H,15,19,20);2*7-11,17-18H,2,5-6H2,1,3-4H3;6,8-11,16-17H,1,4-5H2,2-3H3,(H2,14,15,18,19);4,6,8,10-12,16-17H,1,5,7H2,2-3H3,(H,14,18,21);6-7,9-11,17-18H,1,4-5H2,2-3H3,(H,14,16,19)/p+2/t9-,10-,11-,13-;2*8-,9-,10-,11-;8-,9-,10-,11+;8-,10-,11-,12-;7-,9-,10-,11-/m111111/s1. The van der Waals surface area contributed by atoms with Gasteiger partial charge in [0, 0.05) is 24.2 Å². The lowest BCUT2D eigenvalue weighted by Gasteiger charge is -2.19. The smallest absolute Gasteiger partial charge is 0.388 e. The van der Waals surface area contributed by atoms with E-state index in [0.29, 0.717) is 48.7 Å². The molecule has 6 fully saturated rings. The first-order valence-electron chi connectivity index (χ1n) is 41.1. The minimum absolute atomic E-state index is 0.104. The molecule has 19 N–H and O–H groups in total. The highest BCUT2D eigenvalue weighted by Gasteiger charge is 2.51. The van der Waals surface area contributed by atoms with Crippen LogP contribution in [-0.2, 0) is 42.5 Å². The number of H-pyrrole nitrogens is 7. The number of nitrogens with one attached hydrogen (secondary N) is 7. The Morgan fingerprint density at radius 3 is 1.24 bits per heavy atom. The Hall–Kier alpha value is -6.63. The van der Waals surface area contributed by atoms with Crippen molar-refractivity contribution in [2.75, 3.05) is 117 Å². The normalized spacial score (nSPS) is 29.3. The molecule has 12 rings (SSSR count). The van der Waals surface area contributed by atoms with Crippen LogP contribution in [0.1, 0.15) is 86.9 Å².